The number of aryl methyl sites for hydroxylation is 1. The third kappa shape index (κ3) is 7.14. The minimum atomic E-state index is -5.67. The van der Waals surface area contributed by atoms with Gasteiger partial charge in [-0.05, 0) is 52.0 Å². The highest BCUT2D eigenvalue weighted by molar-refractivity contribution is 6.34. The molecule has 10 heteroatoms. The molecule has 1 atom stereocenters. The lowest BCUT2D eigenvalue weighted by atomic mass is 9.82. The Labute approximate surface area is 193 Å². The van der Waals surface area contributed by atoms with E-state index in [1.54, 1.807) is 26.0 Å². The molecule has 0 aromatic heterocycles. The number of alkyl halides is 5. The first-order valence-corrected chi connectivity index (χ1v) is 9.62. The summed E-state index contributed by atoms with van der Waals surface area (Å²) in [6, 6.07) is 6.77. The molecule has 2 rings (SSSR count). The lowest BCUT2D eigenvalue weighted by Gasteiger charge is -2.36. The average Bonchev–Trinajstić information content (AvgIpc) is 2.70. The van der Waals surface area contributed by atoms with Crippen LogP contribution in [-0.2, 0) is 5.67 Å². The third-order valence-corrected chi connectivity index (χ3v) is 4.50. The topological polar surface area (TPSA) is 49.3 Å². The standard InChI is InChI=1S/C19H16ClF6NO.C3H4.CH4O/c1-10-4-6-11(7-5-10)16(28)27-15-13(20)8-12(9-14(15)21)18(23,17(2,3)22)19(24,25)26;1-3-2;1-2/h4-9H,1-3H3,(H,27,28);1H,2H3;2H,1H3. The molecule has 0 saturated carbocycles. The van der Waals surface area contributed by atoms with E-state index >= 15 is 0 Å². The van der Waals surface area contributed by atoms with Crippen LogP contribution in [0.3, 0.4) is 0 Å². The van der Waals surface area contributed by atoms with E-state index in [1.807, 2.05) is 0 Å². The van der Waals surface area contributed by atoms with Crippen molar-refractivity contribution in [2.24, 2.45) is 0 Å². The molecule has 0 aliphatic carbocycles. The van der Waals surface area contributed by atoms with Crippen LogP contribution in [-0.4, -0.2) is 30.0 Å². The maximum atomic E-state index is 14.8. The molecule has 0 aliphatic heterocycles. The smallest absolute Gasteiger partial charge is 0.400 e. The Bertz CT molecular complexity index is 939. The Morgan fingerprint density at radius 2 is 1.52 bits per heavy atom. The molecule has 0 fully saturated rings. The summed E-state index contributed by atoms with van der Waals surface area (Å²) in [6.07, 6.45) is -1.08. The van der Waals surface area contributed by atoms with Gasteiger partial charge in [0.25, 0.3) is 11.6 Å². The van der Waals surface area contributed by atoms with Crippen molar-refractivity contribution in [1.29, 1.82) is 0 Å². The van der Waals surface area contributed by atoms with Crippen LogP contribution in [0.1, 0.15) is 42.3 Å². The number of terminal acetylenes is 1. The van der Waals surface area contributed by atoms with E-state index in [-0.39, 0.29) is 11.6 Å². The van der Waals surface area contributed by atoms with Gasteiger partial charge in [0.15, 0.2) is 5.67 Å². The van der Waals surface area contributed by atoms with Crippen molar-refractivity contribution in [1.82, 2.24) is 0 Å². The molecular formula is C23H24ClF6NO2. The lowest BCUT2D eigenvalue weighted by molar-refractivity contribution is -0.274. The summed E-state index contributed by atoms with van der Waals surface area (Å²) in [6.45, 7) is 4.21. The first-order chi connectivity index (χ1) is 15.1. The summed E-state index contributed by atoms with van der Waals surface area (Å²) in [4.78, 5) is 12.2. The molecule has 0 saturated heterocycles. The monoisotopic (exact) mass is 495 g/mol. The Balaban J connectivity index is 0.00000189. The van der Waals surface area contributed by atoms with Crippen molar-refractivity contribution in [3.8, 4) is 12.3 Å². The first-order valence-electron chi connectivity index (χ1n) is 9.24. The van der Waals surface area contributed by atoms with E-state index in [0.717, 1.165) is 12.7 Å². The molecule has 1 unspecified atom stereocenters. The number of anilines is 1. The van der Waals surface area contributed by atoms with Crippen LogP contribution in [0.4, 0.5) is 32.0 Å². The fourth-order valence-electron chi connectivity index (χ4n) is 2.63. The summed E-state index contributed by atoms with van der Waals surface area (Å²) in [7, 11) is 1.00. The van der Waals surface area contributed by atoms with Crippen molar-refractivity contribution < 1.29 is 36.2 Å². The van der Waals surface area contributed by atoms with Gasteiger partial charge in [-0.15, -0.1) is 12.3 Å². The van der Waals surface area contributed by atoms with Crippen LogP contribution < -0.4 is 5.32 Å². The van der Waals surface area contributed by atoms with E-state index < -0.39 is 45.5 Å². The Kier molecular flexibility index (Phi) is 11.0. The first kappa shape index (κ1) is 30.3. The zero-order valence-electron chi connectivity index (χ0n) is 18.5. The molecule has 2 aromatic carbocycles. The van der Waals surface area contributed by atoms with Crippen molar-refractivity contribution in [3.05, 3.63) is 63.9 Å². The number of carbonyl (C=O) groups is 1. The van der Waals surface area contributed by atoms with Crippen LogP contribution in [0.25, 0.3) is 0 Å². The van der Waals surface area contributed by atoms with Crippen molar-refractivity contribution >= 4 is 23.2 Å². The van der Waals surface area contributed by atoms with Gasteiger partial charge in [0.1, 0.15) is 5.82 Å². The molecule has 0 radical (unpaired) electrons. The van der Waals surface area contributed by atoms with Crippen LogP contribution in [0.15, 0.2) is 36.4 Å². The number of hydrogen-bond acceptors (Lipinski definition) is 2. The summed E-state index contributed by atoms with van der Waals surface area (Å²) in [5.74, 6) is 0.0418. The predicted octanol–water partition coefficient (Wildman–Crippen LogP) is 6.76. The highest BCUT2D eigenvalue weighted by atomic mass is 35.5. The van der Waals surface area contributed by atoms with Gasteiger partial charge in [0.05, 0.1) is 10.7 Å². The molecule has 182 valence electrons. The summed E-state index contributed by atoms with van der Waals surface area (Å²) < 4.78 is 83.1. The minimum Gasteiger partial charge on any atom is -0.400 e. The fraction of sp³-hybridized carbons (Fsp3) is 0.348. The van der Waals surface area contributed by atoms with E-state index in [1.165, 1.54) is 12.1 Å². The van der Waals surface area contributed by atoms with Gasteiger partial charge in [-0.2, -0.15) is 13.2 Å². The van der Waals surface area contributed by atoms with Crippen LogP contribution >= 0.6 is 11.6 Å². The van der Waals surface area contributed by atoms with Crippen LogP contribution in [0.2, 0.25) is 5.02 Å². The number of hydrogen-bond donors (Lipinski definition) is 2. The van der Waals surface area contributed by atoms with Crippen molar-refractivity contribution in [2.45, 2.75) is 45.2 Å². The Hall–Kier alpha value is -2.70. The van der Waals surface area contributed by atoms with Crippen LogP contribution in [0, 0.1) is 25.1 Å². The molecule has 1 amide bonds. The molecule has 2 N–H and O–H groups in total. The minimum absolute atomic E-state index is 0.144. The molecule has 3 nitrogen and oxygen atoms in total. The normalized spacial score (nSPS) is 12.7. The van der Waals surface area contributed by atoms with Gasteiger partial charge in [-0.25, -0.2) is 13.2 Å². The molecular weight excluding hydrogens is 472 g/mol. The Morgan fingerprint density at radius 3 is 1.88 bits per heavy atom. The SMILES string of the molecule is C#CC.CO.Cc1ccc(C(=O)Nc2c(F)cc(C(F)(C(C)(C)F)C(F)(F)F)cc2Cl)cc1. The largest absolute Gasteiger partial charge is 0.429 e. The van der Waals surface area contributed by atoms with Gasteiger partial charge in [-0.1, -0.05) is 29.3 Å². The number of benzene rings is 2. The third-order valence-electron chi connectivity index (χ3n) is 4.20. The number of aliphatic hydroxyl groups excluding tert-OH is 1. The van der Waals surface area contributed by atoms with Crippen molar-refractivity contribution in [2.75, 3.05) is 12.4 Å². The second-order valence-corrected chi connectivity index (χ2v) is 7.46. The zero-order valence-corrected chi connectivity index (χ0v) is 19.3. The van der Waals surface area contributed by atoms with E-state index in [9.17, 15) is 31.1 Å². The summed E-state index contributed by atoms with van der Waals surface area (Å²) in [5.41, 5.74) is -8.91. The lowest BCUT2D eigenvalue weighted by Crippen LogP contribution is -2.51. The number of amides is 1. The molecule has 33 heavy (non-hydrogen) atoms. The number of rotatable bonds is 4. The van der Waals surface area contributed by atoms with Gasteiger partial charge in [0.2, 0.25) is 0 Å². The second kappa shape index (κ2) is 12.0. The average molecular weight is 496 g/mol. The second-order valence-electron chi connectivity index (χ2n) is 7.05. The van der Waals surface area contributed by atoms with E-state index in [4.69, 9.17) is 16.7 Å². The molecule has 2 aromatic rings. The van der Waals surface area contributed by atoms with Crippen LogP contribution in [0.5, 0.6) is 0 Å². The van der Waals surface area contributed by atoms with E-state index in [0.29, 0.717) is 19.9 Å². The maximum absolute atomic E-state index is 14.8. The summed E-state index contributed by atoms with van der Waals surface area (Å²) >= 11 is 5.79. The number of carbonyl (C=O) groups excluding carboxylic acids is 1. The summed E-state index contributed by atoms with van der Waals surface area (Å²) in [5, 5.41) is 8.42. The zero-order chi connectivity index (χ0) is 26.2. The van der Waals surface area contributed by atoms with Gasteiger partial charge >= 0.3 is 6.18 Å². The molecule has 0 aliphatic rings. The number of aliphatic hydroxyl groups is 1. The predicted molar refractivity (Wildman–Crippen MR) is 117 cm³/mol. The molecule has 0 bridgehead atoms. The maximum Gasteiger partial charge on any atom is 0.429 e. The molecule has 0 heterocycles. The Morgan fingerprint density at radius 1 is 1.06 bits per heavy atom. The van der Waals surface area contributed by atoms with Gasteiger partial charge in [0, 0.05) is 18.2 Å². The van der Waals surface area contributed by atoms with E-state index in [2.05, 4.69) is 17.7 Å². The highest BCUT2D eigenvalue weighted by Gasteiger charge is 2.67. The molecule has 0 spiro atoms. The van der Waals surface area contributed by atoms with Crippen molar-refractivity contribution in [3.63, 3.8) is 0 Å². The fourth-order valence-corrected chi connectivity index (χ4v) is 2.88. The quantitative estimate of drug-likeness (QED) is 0.363. The number of halogens is 7. The van der Waals surface area contributed by atoms with Gasteiger partial charge in [-0.3, -0.25) is 4.79 Å². The highest BCUT2D eigenvalue weighted by Crippen LogP contribution is 2.52. The number of nitrogens with one attached hydrogen (secondary N) is 1. The van der Waals surface area contributed by atoms with Gasteiger partial charge < -0.3 is 10.4 Å².